The lowest BCUT2D eigenvalue weighted by atomic mass is 10.0. The molecule has 2 aromatic heterocycles. The summed E-state index contributed by atoms with van der Waals surface area (Å²) < 4.78 is 38.7. The monoisotopic (exact) mass is 366 g/mol. The predicted molar refractivity (Wildman–Crippen MR) is 90.6 cm³/mol. The van der Waals surface area contributed by atoms with Crippen molar-refractivity contribution in [3.8, 4) is 0 Å². The van der Waals surface area contributed by atoms with Crippen molar-refractivity contribution in [1.82, 2.24) is 15.0 Å². The maximum absolute atomic E-state index is 12.9. The van der Waals surface area contributed by atoms with Crippen LogP contribution in [0.3, 0.4) is 0 Å². The highest BCUT2D eigenvalue weighted by Crippen LogP contribution is 2.32. The Balaban J connectivity index is 1.97. The van der Waals surface area contributed by atoms with Crippen molar-refractivity contribution in [2.24, 2.45) is 0 Å². The maximum Gasteiger partial charge on any atom is 0.416 e. The van der Waals surface area contributed by atoms with Crippen LogP contribution in [-0.2, 0) is 6.18 Å². The Kier molecular flexibility index (Phi) is 4.51. The first-order chi connectivity index (χ1) is 11.7. The van der Waals surface area contributed by atoms with E-state index in [1.165, 1.54) is 12.3 Å². The van der Waals surface area contributed by atoms with Gasteiger partial charge < -0.3 is 5.32 Å². The highest BCUT2D eigenvalue weighted by molar-refractivity contribution is 6.30. The molecule has 130 valence electrons. The van der Waals surface area contributed by atoms with Crippen LogP contribution in [0.2, 0.25) is 5.15 Å². The Morgan fingerprint density at radius 3 is 2.64 bits per heavy atom. The number of aromatic nitrogens is 3. The number of fused-ring (bicyclic) bond motifs is 1. The van der Waals surface area contributed by atoms with Gasteiger partial charge in [-0.15, -0.1) is 0 Å². The molecule has 4 nitrogen and oxygen atoms in total. The zero-order valence-corrected chi connectivity index (χ0v) is 14.2. The molecule has 0 fully saturated rings. The molecule has 0 amide bonds. The number of hydrogen-bond acceptors (Lipinski definition) is 4. The number of nitrogens with one attached hydrogen (secondary N) is 1. The molecule has 1 unspecified atom stereocenters. The third-order valence-corrected chi connectivity index (χ3v) is 3.93. The second-order valence-electron chi connectivity index (χ2n) is 5.63. The normalized spacial score (nSPS) is 13.0. The van der Waals surface area contributed by atoms with Crippen LogP contribution in [0.25, 0.3) is 10.9 Å². The second-order valence-corrected chi connectivity index (χ2v) is 6.02. The summed E-state index contributed by atoms with van der Waals surface area (Å²) in [4.78, 5) is 12.6. The van der Waals surface area contributed by atoms with Gasteiger partial charge in [0.2, 0.25) is 0 Å². The highest BCUT2D eigenvalue weighted by Gasteiger charge is 2.30. The number of aryl methyl sites for hydroxylation is 1. The van der Waals surface area contributed by atoms with Gasteiger partial charge >= 0.3 is 6.18 Å². The molecule has 1 atom stereocenters. The SMILES string of the molecule is Cc1nc(NC(C)c2cccc(C(F)(F)F)c2)c2cc(Cl)ncc2n1. The number of alkyl halides is 3. The Hall–Kier alpha value is -2.41. The first kappa shape index (κ1) is 17.4. The van der Waals surface area contributed by atoms with Gasteiger partial charge in [0.25, 0.3) is 0 Å². The van der Waals surface area contributed by atoms with Gasteiger partial charge in [0.05, 0.1) is 17.3 Å². The molecular weight excluding hydrogens is 353 g/mol. The molecule has 0 saturated heterocycles. The first-order valence-electron chi connectivity index (χ1n) is 7.47. The summed E-state index contributed by atoms with van der Waals surface area (Å²) in [6.07, 6.45) is -2.85. The summed E-state index contributed by atoms with van der Waals surface area (Å²) in [7, 11) is 0. The summed E-state index contributed by atoms with van der Waals surface area (Å²) in [5.41, 5.74) is 0.421. The number of hydrogen-bond donors (Lipinski definition) is 1. The molecule has 0 spiro atoms. The van der Waals surface area contributed by atoms with Crippen LogP contribution in [0.4, 0.5) is 19.0 Å². The van der Waals surface area contributed by atoms with Crippen LogP contribution >= 0.6 is 11.6 Å². The minimum absolute atomic E-state index is 0.287. The zero-order valence-electron chi connectivity index (χ0n) is 13.4. The van der Waals surface area contributed by atoms with Crippen molar-refractivity contribution < 1.29 is 13.2 Å². The van der Waals surface area contributed by atoms with Crippen LogP contribution in [0.15, 0.2) is 36.5 Å². The van der Waals surface area contributed by atoms with E-state index < -0.39 is 17.8 Å². The van der Waals surface area contributed by atoms with E-state index in [9.17, 15) is 13.2 Å². The van der Waals surface area contributed by atoms with Crippen molar-refractivity contribution in [2.45, 2.75) is 26.1 Å². The van der Waals surface area contributed by atoms with Gasteiger partial charge in [-0.2, -0.15) is 13.2 Å². The molecule has 2 heterocycles. The molecule has 8 heteroatoms. The van der Waals surface area contributed by atoms with E-state index in [1.54, 1.807) is 26.0 Å². The fraction of sp³-hybridized carbons (Fsp3) is 0.235. The largest absolute Gasteiger partial charge is 0.416 e. The zero-order chi connectivity index (χ0) is 18.2. The summed E-state index contributed by atoms with van der Waals surface area (Å²) in [6.45, 7) is 3.50. The average molecular weight is 367 g/mol. The van der Waals surface area contributed by atoms with E-state index in [1.807, 2.05) is 0 Å². The molecule has 0 saturated carbocycles. The van der Waals surface area contributed by atoms with Gasteiger partial charge in [0.15, 0.2) is 0 Å². The molecule has 3 aromatic rings. The summed E-state index contributed by atoms with van der Waals surface area (Å²) in [5, 5.41) is 4.09. The van der Waals surface area contributed by atoms with Crippen molar-refractivity contribution in [3.63, 3.8) is 0 Å². The quantitative estimate of drug-likeness (QED) is 0.649. The Morgan fingerprint density at radius 2 is 1.92 bits per heavy atom. The van der Waals surface area contributed by atoms with Gasteiger partial charge in [-0.3, -0.25) is 0 Å². The van der Waals surface area contributed by atoms with Crippen molar-refractivity contribution >= 4 is 28.3 Å². The van der Waals surface area contributed by atoms with Gasteiger partial charge in [-0.25, -0.2) is 15.0 Å². The molecule has 1 N–H and O–H groups in total. The van der Waals surface area contributed by atoms with E-state index in [2.05, 4.69) is 20.3 Å². The fourth-order valence-electron chi connectivity index (χ4n) is 2.51. The molecule has 0 aliphatic rings. The van der Waals surface area contributed by atoms with E-state index in [-0.39, 0.29) is 5.15 Å². The Labute approximate surface area is 147 Å². The molecule has 0 radical (unpaired) electrons. The third kappa shape index (κ3) is 3.82. The Morgan fingerprint density at radius 1 is 1.16 bits per heavy atom. The molecule has 25 heavy (non-hydrogen) atoms. The second kappa shape index (κ2) is 6.48. The summed E-state index contributed by atoms with van der Waals surface area (Å²) >= 11 is 5.94. The average Bonchev–Trinajstić information content (AvgIpc) is 2.55. The number of anilines is 1. The first-order valence-corrected chi connectivity index (χ1v) is 7.85. The van der Waals surface area contributed by atoms with Crippen molar-refractivity contribution in [2.75, 3.05) is 5.32 Å². The lowest BCUT2D eigenvalue weighted by Gasteiger charge is -2.18. The molecule has 0 aliphatic carbocycles. The van der Waals surface area contributed by atoms with Crippen molar-refractivity contribution in [3.05, 3.63) is 58.6 Å². The van der Waals surface area contributed by atoms with E-state index in [0.29, 0.717) is 28.1 Å². The number of rotatable bonds is 3. The Bertz CT molecular complexity index is 927. The lowest BCUT2D eigenvalue weighted by Crippen LogP contribution is -2.12. The molecule has 0 bridgehead atoms. The maximum atomic E-state index is 12.9. The third-order valence-electron chi connectivity index (χ3n) is 3.73. The standard InChI is InChI=1S/C17H14ClF3N4/c1-9(11-4-3-5-12(6-11)17(19,20)21)23-16-13-7-15(18)22-8-14(13)24-10(2)25-16/h3-9H,1-2H3,(H,23,24,25). The number of benzene rings is 1. The fourth-order valence-corrected chi connectivity index (χ4v) is 2.66. The van der Waals surface area contributed by atoms with Crippen LogP contribution in [-0.4, -0.2) is 15.0 Å². The number of pyridine rings is 1. The van der Waals surface area contributed by atoms with E-state index in [4.69, 9.17) is 11.6 Å². The highest BCUT2D eigenvalue weighted by atomic mass is 35.5. The van der Waals surface area contributed by atoms with E-state index in [0.717, 1.165) is 12.1 Å². The van der Waals surface area contributed by atoms with Crippen LogP contribution in [0.5, 0.6) is 0 Å². The lowest BCUT2D eigenvalue weighted by molar-refractivity contribution is -0.137. The summed E-state index contributed by atoms with van der Waals surface area (Å²) in [6, 6.07) is 6.43. The topological polar surface area (TPSA) is 50.7 Å². The van der Waals surface area contributed by atoms with E-state index >= 15 is 0 Å². The van der Waals surface area contributed by atoms with Gasteiger partial charge in [-0.1, -0.05) is 23.7 Å². The van der Waals surface area contributed by atoms with Crippen LogP contribution < -0.4 is 5.32 Å². The van der Waals surface area contributed by atoms with Gasteiger partial charge in [-0.05, 0) is 37.6 Å². The predicted octanol–water partition coefficient (Wildman–Crippen LogP) is 5.18. The molecular formula is C17H14ClF3N4. The minimum atomic E-state index is -4.38. The van der Waals surface area contributed by atoms with Gasteiger partial charge in [0, 0.05) is 11.4 Å². The van der Waals surface area contributed by atoms with Crippen LogP contribution in [0.1, 0.15) is 29.9 Å². The van der Waals surface area contributed by atoms with Crippen LogP contribution in [0, 0.1) is 6.92 Å². The molecule has 3 rings (SSSR count). The molecule has 1 aromatic carbocycles. The minimum Gasteiger partial charge on any atom is -0.363 e. The molecule has 0 aliphatic heterocycles. The smallest absolute Gasteiger partial charge is 0.363 e. The van der Waals surface area contributed by atoms with Gasteiger partial charge in [0.1, 0.15) is 16.8 Å². The number of nitrogens with zero attached hydrogens (tertiary/aromatic N) is 3. The summed E-state index contributed by atoms with van der Waals surface area (Å²) in [5.74, 6) is 1.02. The van der Waals surface area contributed by atoms with Crippen molar-refractivity contribution in [1.29, 1.82) is 0 Å². The number of halogens is 4.